The van der Waals surface area contributed by atoms with Crippen molar-refractivity contribution in [2.24, 2.45) is 0 Å². The summed E-state index contributed by atoms with van der Waals surface area (Å²) in [6.07, 6.45) is 0. The van der Waals surface area contributed by atoms with E-state index in [4.69, 9.17) is 40.5 Å². The maximum atomic E-state index is 6.35. The molecular formula is C14H10Cl3N3S. The number of halogens is 3. The number of hydrogen-bond donors (Lipinski definition) is 2. The Morgan fingerprint density at radius 3 is 2.38 bits per heavy atom. The van der Waals surface area contributed by atoms with Crippen molar-refractivity contribution in [1.82, 2.24) is 10.2 Å². The first-order valence-corrected chi connectivity index (χ1v) is 8.04. The van der Waals surface area contributed by atoms with Crippen molar-refractivity contribution in [1.29, 1.82) is 0 Å². The van der Waals surface area contributed by atoms with Gasteiger partial charge in [0.1, 0.15) is 0 Å². The Hall–Kier alpha value is -1.20. The Morgan fingerprint density at radius 1 is 1.14 bits per heavy atom. The van der Waals surface area contributed by atoms with Gasteiger partial charge in [0.25, 0.3) is 0 Å². The first kappa shape index (κ1) is 14.7. The van der Waals surface area contributed by atoms with E-state index in [2.05, 4.69) is 10.2 Å². The number of aromatic amines is 1. The number of nitrogens with zero attached hydrogens (tertiary/aromatic N) is 1. The molecule has 0 aliphatic heterocycles. The van der Waals surface area contributed by atoms with Gasteiger partial charge >= 0.3 is 0 Å². The highest BCUT2D eigenvalue weighted by atomic mass is 35.5. The van der Waals surface area contributed by atoms with Crippen LogP contribution in [0.3, 0.4) is 0 Å². The minimum atomic E-state index is 0.335. The average Bonchev–Trinajstić information content (AvgIpc) is 2.95. The monoisotopic (exact) mass is 357 g/mol. The van der Waals surface area contributed by atoms with Crippen LogP contribution in [0.4, 0.5) is 5.82 Å². The van der Waals surface area contributed by atoms with Crippen molar-refractivity contribution in [2.75, 3.05) is 5.73 Å². The second-order valence-electron chi connectivity index (χ2n) is 4.52. The number of H-pyrrole nitrogens is 1. The molecule has 0 radical (unpaired) electrons. The van der Waals surface area contributed by atoms with E-state index in [-0.39, 0.29) is 0 Å². The molecule has 0 bridgehead atoms. The number of hydrogen-bond acceptors (Lipinski definition) is 3. The number of nitrogens with one attached hydrogen (secondary N) is 1. The third-order valence-electron chi connectivity index (χ3n) is 3.13. The summed E-state index contributed by atoms with van der Waals surface area (Å²) in [4.78, 5) is 0.865. The normalized spacial score (nSPS) is 11.0. The van der Waals surface area contributed by atoms with Crippen LogP contribution in [0.2, 0.25) is 15.1 Å². The fraction of sp³-hybridized carbons (Fsp3) is 0.0714. The molecule has 0 atom stereocenters. The predicted octanol–water partition coefficient (Wildman–Crippen LogP) is 5.66. The molecule has 3 N–H and O–H groups in total. The number of aryl methyl sites for hydroxylation is 1. The third kappa shape index (κ3) is 2.42. The van der Waals surface area contributed by atoms with Crippen LogP contribution in [-0.4, -0.2) is 10.2 Å². The summed E-state index contributed by atoms with van der Waals surface area (Å²) in [5, 5.41) is 10.7. The molecule has 0 saturated heterocycles. The molecule has 0 saturated carbocycles. The highest BCUT2D eigenvalue weighted by Crippen LogP contribution is 2.46. The zero-order valence-electron chi connectivity index (χ0n) is 10.9. The molecule has 0 unspecified atom stereocenters. The van der Waals surface area contributed by atoms with E-state index in [0.717, 1.165) is 16.1 Å². The van der Waals surface area contributed by atoms with E-state index in [1.165, 1.54) is 11.3 Å². The first-order valence-electron chi connectivity index (χ1n) is 6.03. The number of nitrogens with two attached hydrogens (primary N) is 1. The number of anilines is 1. The molecule has 3 rings (SSSR count). The van der Waals surface area contributed by atoms with Gasteiger partial charge in [-0.2, -0.15) is 5.10 Å². The number of thiophene rings is 1. The summed E-state index contributed by atoms with van der Waals surface area (Å²) in [5.74, 6) is 0.335. The largest absolute Gasteiger partial charge is 0.382 e. The average molecular weight is 359 g/mol. The summed E-state index contributed by atoms with van der Waals surface area (Å²) in [6.45, 7) is 1.95. The lowest BCUT2D eigenvalue weighted by molar-refractivity contribution is 1.11. The van der Waals surface area contributed by atoms with E-state index >= 15 is 0 Å². The van der Waals surface area contributed by atoms with E-state index in [9.17, 15) is 0 Å². The van der Waals surface area contributed by atoms with Crippen LogP contribution in [-0.2, 0) is 0 Å². The fourth-order valence-corrected chi connectivity index (χ4v) is 3.98. The highest BCUT2D eigenvalue weighted by molar-refractivity contribution is 7.14. The van der Waals surface area contributed by atoms with Gasteiger partial charge < -0.3 is 5.73 Å². The minimum absolute atomic E-state index is 0.335. The molecule has 0 spiro atoms. The van der Waals surface area contributed by atoms with E-state index in [1.807, 2.05) is 12.3 Å². The van der Waals surface area contributed by atoms with Gasteiger partial charge in [-0.15, -0.1) is 11.3 Å². The summed E-state index contributed by atoms with van der Waals surface area (Å²) >= 11 is 20.4. The molecule has 3 nitrogen and oxygen atoms in total. The Bertz CT molecular complexity index is 803. The van der Waals surface area contributed by atoms with Crippen molar-refractivity contribution >= 4 is 52.0 Å². The first-order chi connectivity index (χ1) is 10.0. The SMILES string of the molecule is Cc1csc(-c2[nH]nc(N)c2-c2c(Cl)cccc2Cl)c1Cl. The highest BCUT2D eigenvalue weighted by Gasteiger charge is 2.22. The lowest BCUT2D eigenvalue weighted by Gasteiger charge is -2.08. The van der Waals surface area contributed by atoms with Gasteiger partial charge in [0, 0.05) is 5.56 Å². The van der Waals surface area contributed by atoms with Crippen LogP contribution in [0, 0.1) is 6.92 Å². The minimum Gasteiger partial charge on any atom is -0.382 e. The standard InChI is InChI=1S/C14H10Cl3N3S/c1-6-5-21-13(11(6)17)12-10(14(18)20-19-12)9-7(15)3-2-4-8(9)16/h2-5H,1H3,(H3,18,19,20). The van der Waals surface area contributed by atoms with Crippen molar-refractivity contribution in [2.45, 2.75) is 6.92 Å². The topological polar surface area (TPSA) is 54.7 Å². The van der Waals surface area contributed by atoms with Crippen molar-refractivity contribution in [3.8, 4) is 21.7 Å². The maximum Gasteiger partial charge on any atom is 0.153 e. The van der Waals surface area contributed by atoms with Crippen LogP contribution in [0.1, 0.15) is 5.56 Å². The molecule has 0 aliphatic carbocycles. The van der Waals surface area contributed by atoms with Crippen LogP contribution >= 0.6 is 46.1 Å². The Balaban J connectivity index is 2.30. The molecular weight excluding hydrogens is 349 g/mol. The quantitative estimate of drug-likeness (QED) is 0.621. The predicted molar refractivity (Wildman–Crippen MR) is 91.5 cm³/mol. The maximum absolute atomic E-state index is 6.35. The zero-order chi connectivity index (χ0) is 15.1. The number of nitrogen functional groups attached to an aromatic ring is 1. The van der Waals surface area contributed by atoms with Gasteiger partial charge in [0.05, 0.1) is 31.2 Å². The summed E-state index contributed by atoms with van der Waals surface area (Å²) < 4.78 is 0. The van der Waals surface area contributed by atoms with Gasteiger partial charge in [-0.25, -0.2) is 0 Å². The Morgan fingerprint density at radius 2 is 1.81 bits per heavy atom. The second kappa shape index (κ2) is 5.54. The number of rotatable bonds is 2. The van der Waals surface area contributed by atoms with Gasteiger partial charge in [-0.05, 0) is 30.0 Å². The van der Waals surface area contributed by atoms with Crippen LogP contribution in [0.25, 0.3) is 21.7 Å². The van der Waals surface area contributed by atoms with Gasteiger partial charge in [0.2, 0.25) is 0 Å². The molecule has 0 aliphatic rings. The molecule has 7 heteroatoms. The van der Waals surface area contributed by atoms with Crippen LogP contribution < -0.4 is 5.73 Å². The van der Waals surface area contributed by atoms with Gasteiger partial charge in [-0.3, -0.25) is 5.10 Å². The smallest absolute Gasteiger partial charge is 0.153 e. The number of aromatic nitrogens is 2. The summed E-state index contributed by atoms with van der Waals surface area (Å²) in [6, 6.07) is 5.31. The molecule has 2 heterocycles. The zero-order valence-corrected chi connectivity index (χ0v) is 14.0. The van der Waals surface area contributed by atoms with Crippen molar-refractivity contribution in [3.63, 3.8) is 0 Å². The second-order valence-corrected chi connectivity index (χ2v) is 6.59. The molecule has 108 valence electrons. The third-order valence-corrected chi connectivity index (χ3v) is 5.48. The van der Waals surface area contributed by atoms with E-state index in [1.54, 1.807) is 18.2 Å². The van der Waals surface area contributed by atoms with Gasteiger partial charge in [0.15, 0.2) is 5.82 Å². The number of benzene rings is 1. The Labute approximate surface area is 140 Å². The molecule has 0 fully saturated rings. The fourth-order valence-electron chi connectivity index (χ4n) is 2.11. The lowest BCUT2D eigenvalue weighted by atomic mass is 10.0. The molecule has 0 amide bonds. The molecule has 1 aromatic carbocycles. The molecule has 21 heavy (non-hydrogen) atoms. The molecule has 3 aromatic rings. The van der Waals surface area contributed by atoms with Crippen molar-refractivity contribution in [3.05, 3.63) is 44.2 Å². The van der Waals surface area contributed by atoms with Gasteiger partial charge in [-0.1, -0.05) is 40.9 Å². The molecule has 2 aromatic heterocycles. The van der Waals surface area contributed by atoms with Crippen LogP contribution in [0.5, 0.6) is 0 Å². The van der Waals surface area contributed by atoms with E-state index < -0.39 is 0 Å². The Kier molecular flexibility index (Phi) is 3.88. The van der Waals surface area contributed by atoms with Crippen LogP contribution in [0.15, 0.2) is 23.6 Å². The lowest BCUT2D eigenvalue weighted by Crippen LogP contribution is -1.90. The summed E-state index contributed by atoms with van der Waals surface area (Å²) in [7, 11) is 0. The van der Waals surface area contributed by atoms with E-state index in [0.29, 0.717) is 32.0 Å². The van der Waals surface area contributed by atoms with Crippen molar-refractivity contribution < 1.29 is 0 Å². The summed E-state index contributed by atoms with van der Waals surface area (Å²) in [5.41, 5.74) is 9.07.